The van der Waals surface area contributed by atoms with Crippen LogP contribution in [0.2, 0.25) is 5.02 Å². The van der Waals surface area contributed by atoms with Crippen molar-refractivity contribution in [2.24, 2.45) is 0 Å². The Bertz CT molecular complexity index is 938. The quantitative estimate of drug-likeness (QED) is 0.505. The van der Waals surface area contributed by atoms with Gasteiger partial charge in [-0.15, -0.1) is 0 Å². The van der Waals surface area contributed by atoms with Crippen LogP contribution in [-0.4, -0.2) is 49.4 Å². The Balaban J connectivity index is 1.57. The van der Waals surface area contributed by atoms with Crippen molar-refractivity contribution in [2.75, 3.05) is 18.8 Å². The van der Waals surface area contributed by atoms with Crippen LogP contribution in [0.4, 0.5) is 0 Å². The monoisotopic (exact) mass is 387 g/mol. The third kappa shape index (κ3) is 3.41. The lowest BCUT2D eigenvalue weighted by Crippen LogP contribution is -2.36. The zero-order valence-corrected chi connectivity index (χ0v) is 15.7. The number of hydrogen-bond acceptors (Lipinski definition) is 5. The normalized spacial score (nSPS) is 14.7. The zero-order chi connectivity index (χ0) is 17.9. The standard InChI is InChI=1S/C18H18ClN5OS/c19-14-6-2-3-7-15(14)24-17-13(10-22-24)18(21-12-20-17)26-11-16(25)23-8-4-1-5-9-23/h2-3,6-7,10,12H,1,4-5,8-9,11H2. The van der Waals surface area contributed by atoms with Crippen LogP contribution < -0.4 is 0 Å². The van der Waals surface area contributed by atoms with E-state index in [2.05, 4.69) is 15.1 Å². The molecule has 3 aromatic rings. The highest BCUT2D eigenvalue weighted by molar-refractivity contribution is 8.00. The number of para-hydroxylation sites is 1. The number of piperidine rings is 1. The summed E-state index contributed by atoms with van der Waals surface area (Å²) in [5.41, 5.74) is 1.45. The second-order valence-corrected chi connectivity index (χ2v) is 7.53. The van der Waals surface area contributed by atoms with Gasteiger partial charge >= 0.3 is 0 Å². The molecule has 0 radical (unpaired) electrons. The second-order valence-electron chi connectivity index (χ2n) is 6.15. The van der Waals surface area contributed by atoms with Gasteiger partial charge in [0.2, 0.25) is 5.91 Å². The molecule has 1 saturated heterocycles. The predicted octanol–water partition coefficient (Wildman–Crippen LogP) is 3.57. The highest BCUT2D eigenvalue weighted by atomic mass is 35.5. The summed E-state index contributed by atoms with van der Waals surface area (Å²) in [7, 11) is 0. The first kappa shape index (κ1) is 17.3. The molecule has 1 fully saturated rings. The SMILES string of the molecule is O=C(CSc1ncnc2c1cnn2-c1ccccc1Cl)N1CCCCC1. The van der Waals surface area contributed by atoms with E-state index in [1.54, 1.807) is 10.9 Å². The number of rotatable bonds is 4. The zero-order valence-electron chi connectivity index (χ0n) is 14.1. The third-order valence-electron chi connectivity index (χ3n) is 4.45. The highest BCUT2D eigenvalue weighted by Crippen LogP contribution is 2.28. The molecule has 1 aromatic carbocycles. The number of halogens is 1. The van der Waals surface area contributed by atoms with E-state index in [1.165, 1.54) is 24.5 Å². The minimum absolute atomic E-state index is 0.167. The number of fused-ring (bicyclic) bond motifs is 1. The third-order valence-corrected chi connectivity index (χ3v) is 5.76. The maximum absolute atomic E-state index is 12.4. The minimum atomic E-state index is 0.167. The number of nitrogens with zero attached hydrogens (tertiary/aromatic N) is 5. The van der Waals surface area contributed by atoms with Gasteiger partial charge in [0.05, 0.1) is 28.0 Å². The Morgan fingerprint density at radius 2 is 1.96 bits per heavy atom. The molecule has 3 heterocycles. The molecule has 0 saturated carbocycles. The number of benzene rings is 1. The molecule has 0 aliphatic carbocycles. The van der Waals surface area contributed by atoms with E-state index in [0.29, 0.717) is 16.4 Å². The van der Waals surface area contributed by atoms with Gasteiger partial charge in [-0.3, -0.25) is 4.79 Å². The molecule has 6 nitrogen and oxygen atoms in total. The van der Waals surface area contributed by atoms with Crippen LogP contribution >= 0.6 is 23.4 Å². The number of hydrogen-bond donors (Lipinski definition) is 0. The van der Waals surface area contributed by atoms with Crippen molar-refractivity contribution in [3.63, 3.8) is 0 Å². The fourth-order valence-corrected chi connectivity index (χ4v) is 4.18. The number of aromatic nitrogens is 4. The summed E-state index contributed by atoms with van der Waals surface area (Å²) >= 11 is 7.72. The molecule has 1 aliphatic rings. The van der Waals surface area contributed by atoms with Gasteiger partial charge < -0.3 is 4.90 Å². The van der Waals surface area contributed by atoms with Crippen LogP contribution in [0.1, 0.15) is 19.3 Å². The van der Waals surface area contributed by atoms with Gasteiger partial charge in [0.15, 0.2) is 5.65 Å². The summed E-state index contributed by atoms with van der Waals surface area (Å²) in [4.78, 5) is 23.1. The molecule has 4 rings (SSSR count). The van der Waals surface area contributed by atoms with Gasteiger partial charge in [-0.2, -0.15) is 5.10 Å². The summed E-state index contributed by atoms with van der Waals surface area (Å²) in [6, 6.07) is 7.49. The largest absolute Gasteiger partial charge is 0.342 e. The molecule has 8 heteroatoms. The fraction of sp³-hybridized carbons (Fsp3) is 0.333. The lowest BCUT2D eigenvalue weighted by atomic mass is 10.1. The maximum atomic E-state index is 12.4. The molecule has 0 spiro atoms. The topological polar surface area (TPSA) is 63.9 Å². The van der Waals surface area contributed by atoms with E-state index in [-0.39, 0.29) is 5.91 Å². The molecule has 0 bridgehead atoms. The van der Waals surface area contributed by atoms with Crippen molar-refractivity contribution >= 4 is 40.3 Å². The van der Waals surface area contributed by atoms with Crippen LogP contribution in [0, 0.1) is 0 Å². The lowest BCUT2D eigenvalue weighted by Gasteiger charge is -2.26. The first-order valence-corrected chi connectivity index (χ1v) is 9.94. The molecule has 1 aliphatic heterocycles. The van der Waals surface area contributed by atoms with E-state index < -0.39 is 0 Å². The van der Waals surface area contributed by atoms with E-state index >= 15 is 0 Å². The minimum Gasteiger partial charge on any atom is -0.342 e. The van der Waals surface area contributed by atoms with Crippen LogP contribution in [0.25, 0.3) is 16.7 Å². The van der Waals surface area contributed by atoms with E-state index in [1.807, 2.05) is 29.2 Å². The second kappa shape index (κ2) is 7.63. The molecule has 2 aromatic heterocycles. The average Bonchev–Trinajstić information content (AvgIpc) is 3.12. The summed E-state index contributed by atoms with van der Waals surface area (Å²) in [6.45, 7) is 1.73. The maximum Gasteiger partial charge on any atom is 0.232 e. The molecule has 1 amide bonds. The molecular weight excluding hydrogens is 370 g/mol. The summed E-state index contributed by atoms with van der Waals surface area (Å²) < 4.78 is 1.70. The van der Waals surface area contributed by atoms with Crippen molar-refractivity contribution < 1.29 is 4.79 Å². The number of carbonyl (C=O) groups is 1. The molecule has 0 N–H and O–H groups in total. The Morgan fingerprint density at radius 3 is 2.77 bits per heavy atom. The van der Waals surface area contributed by atoms with Gasteiger partial charge in [-0.05, 0) is 31.4 Å². The van der Waals surface area contributed by atoms with Gasteiger partial charge in [0.25, 0.3) is 0 Å². The summed E-state index contributed by atoms with van der Waals surface area (Å²) in [5.74, 6) is 0.545. The van der Waals surface area contributed by atoms with Gasteiger partial charge in [0, 0.05) is 13.1 Å². The van der Waals surface area contributed by atoms with Crippen LogP contribution in [0.5, 0.6) is 0 Å². The van der Waals surface area contributed by atoms with Crippen molar-refractivity contribution in [1.82, 2.24) is 24.6 Å². The van der Waals surface area contributed by atoms with Crippen molar-refractivity contribution in [1.29, 1.82) is 0 Å². The molecule has 0 unspecified atom stereocenters. The Hall–Kier alpha value is -2.12. The first-order chi connectivity index (χ1) is 12.7. The molecule has 0 atom stereocenters. The van der Waals surface area contributed by atoms with E-state index in [4.69, 9.17) is 11.6 Å². The molecular formula is C18H18ClN5OS. The van der Waals surface area contributed by atoms with Crippen LogP contribution in [0.3, 0.4) is 0 Å². The fourth-order valence-electron chi connectivity index (χ4n) is 3.10. The summed E-state index contributed by atoms with van der Waals surface area (Å²) in [5, 5.41) is 6.61. The Labute approximate surface area is 160 Å². The lowest BCUT2D eigenvalue weighted by molar-refractivity contribution is -0.129. The Kier molecular flexibility index (Phi) is 5.08. The predicted molar refractivity (Wildman–Crippen MR) is 103 cm³/mol. The first-order valence-electron chi connectivity index (χ1n) is 8.58. The highest BCUT2D eigenvalue weighted by Gasteiger charge is 2.18. The number of carbonyl (C=O) groups excluding carboxylic acids is 1. The number of amides is 1. The van der Waals surface area contributed by atoms with Crippen molar-refractivity contribution in [2.45, 2.75) is 24.3 Å². The van der Waals surface area contributed by atoms with Crippen LogP contribution in [0.15, 0.2) is 41.8 Å². The van der Waals surface area contributed by atoms with E-state index in [0.717, 1.165) is 42.0 Å². The average molecular weight is 388 g/mol. The smallest absolute Gasteiger partial charge is 0.232 e. The number of thioether (sulfide) groups is 1. The molecule has 26 heavy (non-hydrogen) atoms. The van der Waals surface area contributed by atoms with E-state index in [9.17, 15) is 4.79 Å². The van der Waals surface area contributed by atoms with Crippen molar-refractivity contribution in [3.05, 3.63) is 41.8 Å². The Morgan fingerprint density at radius 1 is 1.15 bits per heavy atom. The van der Waals surface area contributed by atoms with Crippen LogP contribution in [-0.2, 0) is 4.79 Å². The number of likely N-dealkylation sites (tertiary alicyclic amines) is 1. The van der Waals surface area contributed by atoms with Gasteiger partial charge in [-0.25, -0.2) is 14.6 Å². The van der Waals surface area contributed by atoms with Crippen molar-refractivity contribution in [3.8, 4) is 5.69 Å². The van der Waals surface area contributed by atoms with Gasteiger partial charge in [0.1, 0.15) is 11.4 Å². The molecule has 134 valence electrons. The summed E-state index contributed by atoms with van der Waals surface area (Å²) in [6.07, 6.45) is 6.64. The van der Waals surface area contributed by atoms with Gasteiger partial charge in [-0.1, -0.05) is 35.5 Å².